The molecule has 32 heavy (non-hydrogen) atoms. The second-order valence-electron chi connectivity index (χ2n) is 7.44. The van der Waals surface area contributed by atoms with E-state index in [1.807, 2.05) is 49.5 Å². The third kappa shape index (κ3) is 6.46. The minimum atomic E-state index is 0. The molecular formula is C24H30IN5O2. The van der Waals surface area contributed by atoms with Crippen LogP contribution in [0.3, 0.4) is 0 Å². The zero-order chi connectivity index (χ0) is 21.3. The molecule has 0 amide bonds. The van der Waals surface area contributed by atoms with E-state index in [-0.39, 0.29) is 24.0 Å². The number of nitrogens with zero attached hydrogens (tertiary/aromatic N) is 4. The van der Waals surface area contributed by atoms with Crippen LogP contribution in [0.15, 0.2) is 76.4 Å². The fraction of sp³-hybridized carbons (Fsp3) is 0.333. The van der Waals surface area contributed by atoms with E-state index in [0.717, 1.165) is 61.3 Å². The summed E-state index contributed by atoms with van der Waals surface area (Å²) >= 11 is 0. The Labute approximate surface area is 206 Å². The smallest absolute Gasteiger partial charge is 0.193 e. The standard InChI is InChI=1S/C24H29N5O2.HI/c1-25-24(29-15-13-28(14-16-29)19-21-11-17-31-27-21)26-12-18-30-23-10-6-5-9-22(23)20-7-3-2-4-8-20;/h2-11,17H,12-16,18-19H2,1H3,(H,25,26);1H. The third-order valence-corrected chi connectivity index (χ3v) is 5.38. The zero-order valence-corrected chi connectivity index (χ0v) is 20.6. The predicted octanol–water partition coefficient (Wildman–Crippen LogP) is 3.73. The molecule has 0 atom stereocenters. The lowest BCUT2D eigenvalue weighted by Crippen LogP contribution is -2.52. The van der Waals surface area contributed by atoms with E-state index in [9.17, 15) is 0 Å². The second-order valence-corrected chi connectivity index (χ2v) is 7.44. The lowest BCUT2D eigenvalue weighted by atomic mass is 10.1. The normalized spacial score (nSPS) is 14.7. The number of para-hydroxylation sites is 1. The quantitative estimate of drug-likeness (QED) is 0.211. The highest BCUT2D eigenvalue weighted by Crippen LogP contribution is 2.29. The molecule has 2 aromatic carbocycles. The van der Waals surface area contributed by atoms with Gasteiger partial charge in [-0.2, -0.15) is 0 Å². The largest absolute Gasteiger partial charge is 0.491 e. The Hall–Kier alpha value is -2.59. The molecule has 1 aliphatic heterocycles. The predicted molar refractivity (Wildman–Crippen MR) is 138 cm³/mol. The Balaban J connectivity index is 0.00000289. The molecule has 0 radical (unpaired) electrons. The molecule has 7 nitrogen and oxygen atoms in total. The Bertz CT molecular complexity index is 958. The molecule has 2 heterocycles. The van der Waals surface area contributed by atoms with Gasteiger partial charge in [-0.25, -0.2) is 0 Å². The van der Waals surface area contributed by atoms with Crippen molar-refractivity contribution in [1.82, 2.24) is 20.3 Å². The Kier molecular flexibility index (Phi) is 9.36. The van der Waals surface area contributed by atoms with Crippen LogP contribution in [0.5, 0.6) is 5.75 Å². The minimum absolute atomic E-state index is 0. The van der Waals surface area contributed by atoms with Gasteiger partial charge in [-0.05, 0) is 11.6 Å². The number of hydrogen-bond acceptors (Lipinski definition) is 5. The number of halogens is 1. The molecule has 1 fully saturated rings. The molecule has 4 rings (SSSR count). The first-order chi connectivity index (χ1) is 15.3. The maximum atomic E-state index is 6.09. The maximum Gasteiger partial charge on any atom is 0.193 e. The summed E-state index contributed by atoms with van der Waals surface area (Å²) in [5, 5.41) is 7.43. The average Bonchev–Trinajstić information content (AvgIpc) is 3.34. The number of aliphatic imine (C=N–C) groups is 1. The molecule has 8 heteroatoms. The van der Waals surface area contributed by atoms with Crippen molar-refractivity contribution in [2.45, 2.75) is 6.54 Å². The fourth-order valence-electron chi connectivity index (χ4n) is 3.77. The molecule has 1 N–H and O–H groups in total. The van der Waals surface area contributed by atoms with Crippen molar-refractivity contribution < 1.29 is 9.26 Å². The van der Waals surface area contributed by atoms with E-state index in [0.29, 0.717) is 13.2 Å². The van der Waals surface area contributed by atoms with Crippen molar-refractivity contribution >= 4 is 29.9 Å². The highest BCUT2D eigenvalue weighted by Gasteiger charge is 2.20. The lowest BCUT2D eigenvalue weighted by Gasteiger charge is -2.36. The average molecular weight is 547 g/mol. The van der Waals surface area contributed by atoms with Gasteiger partial charge in [-0.1, -0.05) is 53.7 Å². The summed E-state index contributed by atoms with van der Waals surface area (Å²) in [7, 11) is 1.83. The molecule has 1 aliphatic rings. The fourth-order valence-corrected chi connectivity index (χ4v) is 3.77. The van der Waals surface area contributed by atoms with Gasteiger partial charge < -0.3 is 19.5 Å². The van der Waals surface area contributed by atoms with E-state index < -0.39 is 0 Å². The number of piperazine rings is 1. The number of ether oxygens (including phenoxy) is 1. The van der Waals surface area contributed by atoms with Crippen LogP contribution in [0.2, 0.25) is 0 Å². The van der Waals surface area contributed by atoms with Crippen molar-refractivity contribution in [2.75, 3.05) is 46.4 Å². The number of hydrogen-bond donors (Lipinski definition) is 1. The summed E-state index contributed by atoms with van der Waals surface area (Å²) in [6.45, 7) is 5.86. The van der Waals surface area contributed by atoms with Crippen molar-refractivity contribution in [3.05, 3.63) is 72.6 Å². The molecule has 0 bridgehead atoms. The molecule has 1 saturated heterocycles. The van der Waals surface area contributed by atoms with Crippen LogP contribution in [-0.2, 0) is 6.54 Å². The van der Waals surface area contributed by atoms with Crippen LogP contribution >= 0.6 is 24.0 Å². The molecule has 170 valence electrons. The van der Waals surface area contributed by atoms with Gasteiger partial charge in [-0.3, -0.25) is 9.89 Å². The Morgan fingerprint density at radius 2 is 1.78 bits per heavy atom. The lowest BCUT2D eigenvalue weighted by molar-refractivity contribution is 0.168. The van der Waals surface area contributed by atoms with Crippen molar-refractivity contribution in [2.24, 2.45) is 4.99 Å². The van der Waals surface area contributed by atoms with Gasteiger partial charge in [0.25, 0.3) is 0 Å². The van der Waals surface area contributed by atoms with Crippen molar-refractivity contribution in [3.63, 3.8) is 0 Å². The van der Waals surface area contributed by atoms with Crippen LogP contribution in [0.1, 0.15) is 5.69 Å². The van der Waals surface area contributed by atoms with Crippen LogP contribution in [0, 0.1) is 0 Å². The molecule has 0 saturated carbocycles. The Morgan fingerprint density at radius 1 is 1.03 bits per heavy atom. The summed E-state index contributed by atoms with van der Waals surface area (Å²) in [6.07, 6.45) is 1.62. The topological polar surface area (TPSA) is 66.1 Å². The van der Waals surface area contributed by atoms with Gasteiger partial charge in [-0.15, -0.1) is 24.0 Å². The van der Waals surface area contributed by atoms with Gasteiger partial charge in [0.2, 0.25) is 0 Å². The molecule has 3 aromatic rings. The highest BCUT2D eigenvalue weighted by atomic mass is 127. The van der Waals surface area contributed by atoms with Gasteiger partial charge in [0.15, 0.2) is 5.96 Å². The Morgan fingerprint density at radius 3 is 2.50 bits per heavy atom. The summed E-state index contributed by atoms with van der Waals surface area (Å²) < 4.78 is 11.0. The van der Waals surface area contributed by atoms with E-state index >= 15 is 0 Å². The summed E-state index contributed by atoms with van der Waals surface area (Å²) in [6, 6.07) is 20.4. The number of benzene rings is 2. The summed E-state index contributed by atoms with van der Waals surface area (Å²) in [4.78, 5) is 9.12. The third-order valence-electron chi connectivity index (χ3n) is 5.38. The van der Waals surface area contributed by atoms with Gasteiger partial charge >= 0.3 is 0 Å². The number of rotatable bonds is 7. The van der Waals surface area contributed by atoms with Crippen LogP contribution < -0.4 is 10.1 Å². The zero-order valence-electron chi connectivity index (χ0n) is 18.3. The second kappa shape index (κ2) is 12.4. The maximum absolute atomic E-state index is 6.09. The van der Waals surface area contributed by atoms with Gasteiger partial charge in [0.05, 0.1) is 12.2 Å². The molecule has 1 aromatic heterocycles. The van der Waals surface area contributed by atoms with Crippen LogP contribution in [-0.4, -0.2) is 67.3 Å². The number of nitrogens with one attached hydrogen (secondary N) is 1. The minimum Gasteiger partial charge on any atom is -0.491 e. The monoisotopic (exact) mass is 547 g/mol. The van der Waals surface area contributed by atoms with Crippen LogP contribution in [0.4, 0.5) is 0 Å². The first kappa shape index (κ1) is 24.1. The van der Waals surface area contributed by atoms with E-state index in [1.54, 1.807) is 6.26 Å². The first-order valence-corrected chi connectivity index (χ1v) is 10.7. The van der Waals surface area contributed by atoms with Crippen molar-refractivity contribution in [1.29, 1.82) is 0 Å². The van der Waals surface area contributed by atoms with E-state index in [4.69, 9.17) is 9.26 Å². The highest BCUT2D eigenvalue weighted by molar-refractivity contribution is 14.0. The van der Waals surface area contributed by atoms with Gasteiger partial charge in [0, 0.05) is 51.4 Å². The van der Waals surface area contributed by atoms with Crippen molar-refractivity contribution in [3.8, 4) is 16.9 Å². The van der Waals surface area contributed by atoms with E-state index in [2.05, 4.69) is 43.5 Å². The molecular weight excluding hydrogens is 517 g/mol. The molecule has 0 aliphatic carbocycles. The first-order valence-electron chi connectivity index (χ1n) is 10.7. The summed E-state index contributed by atoms with van der Waals surface area (Å²) in [5.74, 6) is 1.81. The van der Waals surface area contributed by atoms with E-state index in [1.165, 1.54) is 0 Å². The van der Waals surface area contributed by atoms with Crippen LogP contribution in [0.25, 0.3) is 11.1 Å². The number of aromatic nitrogens is 1. The SMILES string of the molecule is CN=C(NCCOc1ccccc1-c1ccccc1)N1CCN(Cc2ccon2)CC1.I. The number of guanidine groups is 1. The molecule has 0 unspecified atom stereocenters. The van der Waals surface area contributed by atoms with Gasteiger partial charge in [0.1, 0.15) is 18.6 Å². The molecule has 0 spiro atoms. The summed E-state index contributed by atoms with van der Waals surface area (Å²) in [5.41, 5.74) is 3.24.